The molecule has 1 fully saturated rings. The lowest BCUT2D eigenvalue weighted by molar-refractivity contribution is -0.000781. The number of pyridine rings is 1. The summed E-state index contributed by atoms with van der Waals surface area (Å²) in [7, 11) is 0. The zero-order valence-corrected chi connectivity index (χ0v) is 11.7. The summed E-state index contributed by atoms with van der Waals surface area (Å²) in [5, 5.41) is 11.6. The number of benzene rings is 1. The van der Waals surface area contributed by atoms with Gasteiger partial charge in [-0.2, -0.15) is 0 Å². The van der Waals surface area contributed by atoms with E-state index < -0.39 is 5.60 Å². The Hall–Kier alpha value is -1.67. The summed E-state index contributed by atoms with van der Waals surface area (Å²) in [6.45, 7) is 0. The van der Waals surface area contributed by atoms with E-state index in [4.69, 9.17) is 0 Å². The van der Waals surface area contributed by atoms with Gasteiger partial charge in [0.15, 0.2) is 0 Å². The fourth-order valence-electron chi connectivity index (χ4n) is 3.46. The predicted octanol–water partition coefficient (Wildman–Crippen LogP) is 3.90. The minimum Gasteiger partial charge on any atom is -0.380 e. The number of rotatable bonds is 3. The first-order valence-electron chi connectivity index (χ1n) is 7.50. The maximum atomic E-state index is 11.6. The molecule has 0 amide bonds. The summed E-state index contributed by atoms with van der Waals surface area (Å²) >= 11 is 0. The Kier molecular flexibility index (Phi) is 3.83. The van der Waals surface area contributed by atoms with Crippen LogP contribution in [0.25, 0.3) is 0 Å². The molecule has 2 nitrogen and oxygen atoms in total. The molecular weight excluding hydrogens is 246 g/mol. The molecule has 0 radical (unpaired) electrons. The standard InChI is InChI=1S/C18H21NO/c20-18(15-7-3-1-4-8-15,16-9-5-2-6-10-16)17-11-13-19-14-12-17/h1,3-4,7-8,11-14,16,20H,2,5-6,9-10H2/t18-/m1/s1. The Bertz CT molecular complexity index is 492. The fourth-order valence-corrected chi connectivity index (χ4v) is 3.46. The molecule has 0 saturated heterocycles. The second-order valence-corrected chi connectivity index (χ2v) is 5.70. The summed E-state index contributed by atoms with van der Waals surface area (Å²) in [4.78, 5) is 4.09. The Balaban J connectivity index is 2.07. The molecular formula is C18H21NO. The molecule has 0 aliphatic heterocycles. The Morgan fingerprint density at radius 1 is 0.850 bits per heavy atom. The van der Waals surface area contributed by atoms with Crippen LogP contribution in [-0.2, 0) is 5.60 Å². The van der Waals surface area contributed by atoms with Gasteiger partial charge in [0.1, 0.15) is 5.60 Å². The largest absolute Gasteiger partial charge is 0.380 e. The number of nitrogens with zero attached hydrogens (tertiary/aromatic N) is 1. The summed E-state index contributed by atoms with van der Waals surface area (Å²) in [5.74, 6) is 0.293. The first-order valence-corrected chi connectivity index (χ1v) is 7.50. The Labute approximate surface area is 120 Å². The van der Waals surface area contributed by atoms with Crippen molar-refractivity contribution in [3.8, 4) is 0 Å². The first-order chi connectivity index (χ1) is 9.82. The highest BCUT2D eigenvalue weighted by Crippen LogP contribution is 2.43. The minimum atomic E-state index is -0.884. The zero-order valence-electron chi connectivity index (χ0n) is 11.7. The van der Waals surface area contributed by atoms with Crippen molar-refractivity contribution in [1.29, 1.82) is 0 Å². The number of hydrogen-bond acceptors (Lipinski definition) is 2. The van der Waals surface area contributed by atoms with Crippen LogP contribution in [0.2, 0.25) is 0 Å². The van der Waals surface area contributed by atoms with Crippen LogP contribution in [0.3, 0.4) is 0 Å². The van der Waals surface area contributed by atoms with E-state index in [2.05, 4.69) is 4.98 Å². The van der Waals surface area contributed by atoms with E-state index in [1.165, 1.54) is 19.3 Å². The van der Waals surface area contributed by atoms with Gasteiger partial charge in [-0.25, -0.2) is 0 Å². The van der Waals surface area contributed by atoms with E-state index in [-0.39, 0.29) is 0 Å². The SMILES string of the molecule is O[C@@](c1ccccc1)(c1ccncc1)C1CCCCC1. The van der Waals surface area contributed by atoms with Crippen molar-refractivity contribution in [1.82, 2.24) is 4.98 Å². The normalized spacial score (nSPS) is 19.4. The molecule has 1 heterocycles. The highest BCUT2D eigenvalue weighted by Gasteiger charge is 2.40. The van der Waals surface area contributed by atoms with Crippen LogP contribution < -0.4 is 0 Å². The highest BCUT2D eigenvalue weighted by molar-refractivity contribution is 5.36. The molecule has 104 valence electrons. The van der Waals surface area contributed by atoms with Gasteiger partial charge < -0.3 is 5.11 Å². The lowest BCUT2D eigenvalue weighted by Gasteiger charge is -2.39. The monoisotopic (exact) mass is 267 g/mol. The van der Waals surface area contributed by atoms with E-state index in [1.54, 1.807) is 12.4 Å². The van der Waals surface area contributed by atoms with Gasteiger partial charge in [0.2, 0.25) is 0 Å². The Morgan fingerprint density at radius 2 is 1.45 bits per heavy atom. The van der Waals surface area contributed by atoms with E-state index in [0.717, 1.165) is 24.0 Å². The number of aromatic nitrogens is 1. The molecule has 2 aromatic rings. The van der Waals surface area contributed by atoms with Gasteiger partial charge in [-0.05, 0) is 42.0 Å². The number of hydrogen-bond donors (Lipinski definition) is 1. The topological polar surface area (TPSA) is 33.1 Å². The third-order valence-corrected chi connectivity index (χ3v) is 4.53. The highest BCUT2D eigenvalue weighted by atomic mass is 16.3. The van der Waals surface area contributed by atoms with Crippen molar-refractivity contribution < 1.29 is 5.11 Å². The smallest absolute Gasteiger partial charge is 0.117 e. The molecule has 20 heavy (non-hydrogen) atoms. The van der Waals surface area contributed by atoms with E-state index in [1.807, 2.05) is 42.5 Å². The first kappa shape index (κ1) is 13.3. The molecule has 1 aliphatic carbocycles. The third-order valence-electron chi connectivity index (χ3n) is 4.53. The molecule has 1 atom stereocenters. The van der Waals surface area contributed by atoms with Crippen LogP contribution in [0.4, 0.5) is 0 Å². The molecule has 0 bridgehead atoms. The van der Waals surface area contributed by atoms with E-state index in [9.17, 15) is 5.11 Å². The van der Waals surface area contributed by atoms with Crippen molar-refractivity contribution in [2.75, 3.05) is 0 Å². The molecule has 1 aromatic carbocycles. The second kappa shape index (κ2) is 5.76. The zero-order chi connectivity index (χ0) is 13.8. The van der Waals surface area contributed by atoms with Crippen LogP contribution in [0, 0.1) is 5.92 Å². The molecule has 1 saturated carbocycles. The average Bonchev–Trinajstić information content (AvgIpc) is 2.56. The average molecular weight is 267 g/mol. The second-order valence-electron chi connectivity index (χ2n) is 5.70. The van der Waals surface area contributed by atoms with Crippen LogP contribution in [-0.4, -0.2) is 10.1 Å². The quantitative estimate of drug-likeness (QED) is 0.915. The summed E-state index contributed by atoms with van der Waals surface area (Å²) in [5.41, 5.74) is 1.08. The number of aliphatic hydroxyl groups is 1. The van der Waals surface area contributed by atoms with Crippen molar-refractivity contribution in [3.63, 3.8) is 0 Å². The van der Waals surface area contributed by atoms with Gasteiger partial charge >= 0.3 is 0 Å². The van der Waals surface area contributed by atoms with Crippen LogP contribution >= 0.6 is 0 Å². The van der Waals surface area contributed by atoms with E-state index >= 15 is 0 Å². The summed E-state index contributed by atoms with van der Waals surface area (Å²) in [6.07, 6.45) is 9.44. The van der Waals surface area contributed by atoms with Crippen LogP contribution in [0.5, 0.6) is 0 Å². The van der Waals surface area contributed by atoms with Crippen LogP contribution in [0.1, 0.15) is 43.2 Å². The molecule has 1 aromatic heterocycles. The van der Waals surface area contributed by atoms with Gasteiger partial charge in [-0.3, -0.25) is 4.98 Å². The molecule has 1 aliphatic rings. The third kappa shape index (κ3) is 2.36. The van der Waals surface area contributed by atoms with Gasteiger partial charge in [0, 0.05) is 12.4 Å². The molecule has 1 N–H and O–H groups in total. The molecule has 0 unspecified atom stereocenters. The van der Waals surface area contributed by atoms with Crippen molar-refractivity contribution in [3.05, 3.63) is 66.0 Å². The maximum Gasteiger partial charge on any atom is 0.117 e. The van der Waals surface area contributed by atoms with Crippen molar-refractivity contribution in [2.24, 2.45) is 5.92 Å². The van der Waals surface area contributed by atoms with Gasteiger partial charge in [-0.1, -0.05) is 49.6 Å². The van der Waals surface area contributed by atoms with Crippen molar-refractivity contribution >= 4 is 0 Å². The van der Waals surface area contributed by atoms with Crippen LogP contribution in [0.15, 0.2) is 54.9 Å². The van der Waals surface area contributed by atoms with Gasteiger partial charge in [0.05, 0.1) is 0 Å². The minimum absolute atomic E-state index is 0.293. The molecule has 0 spiro atoms. The predicted molar refractivity (Wildman–Crippen MR) is 80.3 cm³/mol. The lowest BCUT2D eigenvalue weighted by atomic mass is 9.70. The van der Waals surface area contributed by atoms with Gasteiger partial charge in [-0.15, -0.1) is 0 Å². The summed E-state index contributed by atoms with van der Waals surface area (Å²) < 4.78 is 0. The lowest BCUT2D eigenvalue weighted by Crippen LogP contribution is -2.37. The molecule has 2 heteroatoms. The maximum absolute atomic E-state index is 11.6. The Morgan fingerprint density at radius 3 is 2.10 bits per heavy atom. The van der Waals surface area contributed by atoms with Gasteiger partial charge in [0.25, 0.3) is 0 Å². The summed E-state index contributed by atoms with van der Waals surface area (Å²) in [6, 6.07) is 14.0. The fraction of sp³-hybridized carbons (Fsp3) is 0.389. The van der Waals surface area contributed by atoms with Crippen molar-refractivity contribution in [2.45, 2.75) is 37.7 Å². The molecule has 3 rings (SSSR count). The van der Waals surface area contributed by atoms with E-state index in [0.29, 0.717) is 5.92 Å².